The highest BCUT2D eigenvalue weighted by Crippen LogP contribution is 2.12. The van der Waals surface area contributed by atoms with Crippen LogP contribution in [0.15, 0.2) is 59.5 Å². The van der Waals surface area contributed by atoms with E-state index in [1.807, 2.05) is 42.5 Å². The summed E-state index contributed by atoms with van der Waals surface area (Å²) in [5.74, 6) is 0.729. The molecule has 0 spiro atoms. The van der Waals surface area contributed by atoms with Crippen molar-refractivity contribution in [3.8, 4) is 5.75 Å². The quantitative estimate of drug-likeness (QED) is 0.716. The monoisotopic (exact) mass is 333 g/mol. The van der Waals surface area contributed by atoms with Crippen LogP contribution < -0.4 is 9.46 Å². The molecule has 0 fully saturated rings. The molecule has 2 aromatic rings. The van der Waals surface area contributed by atoms with Crippen molar-refractivity contribution in [1.29, 1.82) is 0 Å². The van der Waals surface area contributed by atoms with Gasteiger partial charge < -0.3 is 4.74 Å². The molecular weight excluding hydrogens is 310 g/mol. The van der Waals surface area contributed by atoms with Crippen LogP contribution >= 0.6 is 0 Å². The van der Waals surface area contributed by atoms with Gasteiger partial charge in [0.05, 0.1) is 4.90 Å². The first-order valence-corrected chi connectivity index (χ1v) is 9.36. The maximum absolute atomic E-state index is 12.2. The first-order valence-electron chi connectivity index (χ1n) is 7.88. The molecule has 0 aliphatic heterocycles. The summed E-state index contributed by atoms with van der Waals surface area (Å²) < 4.78 is 32.4. The number of para-hydroxylation sites is 1. The predicted molar refractivity (Wildman–Crippen MR) is 92.2 cm³/mol. The van der Waals surface area contributed by atoms with E-state index in [2.05, 4.69) is 11.6 Å². The van der Waals surface area contributed by atoms with E-state index < -0.39 is 10.0 Å². The Bertz CT molecular complexity index is 682. The van der Waals surface area contributed by atoms with Crippen molar-refractivity contribution in [3.05, 3.63) is 60.2 Å². The Hall–Kier alpha value is -1.85. The molecule has 0 aliphatic carbocycles. The van der Waals surface area contributed by atoms with Crippen LogP contribution in [0.5, 0.6) is 5.75 Å². The van der Waals surface area contributed by atoms with Gasteiger partial charge in [-0.25, -0.2) is 13.1 Å². The van der Waals surface area contributed by atoms with Gasteiger partial charge in [-0.1, -0.05) is 43.7 Å². The molecule has 1 N–H and O–H groups in total. The third kappa shape index (κ3) is 5.69. The van der Waals surface area contributed by atoms with Crippen LogP contribution in [-0.2, 0) is 16.4 Å². The Morgan fingerprint density at radius 1 is 1.00 bits per heavy atom. The minimum absolute atomic E-state index is 0.231. The van der Waals surface area contributed by atoms with Crippen LogP contribution in [0.3, 0.4) is 0 Å². The maximum Gasteiger partial charge on any atom is 0.240 e. The van der Waals surface area contributed by atoms with E-state index in [1.54, 1.807) is 12.1 Å². The average molecular weight is 333 g/mol. The lowest BCUT2D eigenvalue weighted by molar-refractivity contribution is 0.323. The summed E-state index contributed by atoms with van der Waals surface area (Å²) in [5, 5.41) is 0. The molecule has 0 atom stereocenters. The Kier molecular flexibility index (Phi) is 6.62. The minimum atomic E-state index is -3.48. The van der Waals surface area contributed by atoms with E-state index in [4.69, 9.17) is 4.74 Å². The van der Waals surface area contributed by atoms with E-state index >= 15 is 0 Å². The molecule has 0 heterocycles. The zero-order valence-corrected chi connectivity index (χ0v) is 14.2. The number of hydrogen-bond acceptors (Lipinski definition) is 3. The number of sulfonamides is 1. The fourth-order valence-corrected chi connectivity index (χ4v) is 3.17. The molecule has 124 valence electrons. The van der Waals surface area contributed by atoms with E-state index in [-0.39, 0.29) is 18.0 Å². The van der Waals surface area contributed by atoms with Crippen LogP contribution in [0.2, 0.25) is 0 Å². The summed E-state index contributed by atoms with van der Waals surface area (Å²) in [6, 6.07) is 16.4. The van der Waals surface area contributed by atoms with Crippen molar-refractivity contribution in [1.82, 2.24) is 4.72 Å². The van der Waals surface area contributed by atoms with Crippen LogP contribution in [-0.4, -0.2) is 21.6 Å². The van der Waals surface area contributed by atoms with E-state index in [9.17, 15) is 8.42 Å². The van der Waals surface area contributed by atoms with Crippen molar-refractivity contribution in [2.75, 3.05) is 13.2 Å². The molecule has 4 nitrogen and oxygen atoms in total. The van der Waals surface area contributed by atoms with Crippen molar-refractivity contribution >= 4 is 10.0 Å². The number of rotatable bonds is 9. The normalized spacial score (nSPS) is 11.3. The van der Waals surface area contributed by atoms with Gasteiger partial charge in [-0.2, -0.15) is 0 Å². The SMILES string of the molecule is CCCCc1ccc(S(=O)(=O)NCCOc2ccccc2)cc1. The fraction of sp³-hybridized carbons (Fsp3) is 0.333. The molecule has 23 heavy (non-hydrogen) atoms. The zero-order chi connectivity index (χ0) is 16.5. The maximum atomic E-state index is 12.2. The molecule has 0 aliphatic rings. The van der Waals surface area contributed by atoms with Crippen molar-refractivity contribution in [2.45, 2.75) is 31.1 Å². The number of hydrogen-bond donors (Lipinski definition) is 1. The Balaban J connectivity index is 1.83. The molecule has 0 saturated heterocycles. The summed E-state index contributed by atoms with van der Waals surface area (Å²) in [7, 11) is -3.48. The first-order chi connectivity index (χ1) is 11.1. The summed E-state index contributed by atoms with van der Waals surface area (Å²) >= 11 is 0. The highest BCUT2D eigenvalue weighted by Gasteiger charge is 2.13. The van der Waals surface area contributed by atoms with Gasteiger partial charge in [-0.05, 0) is 42.7 Å². The van der Waals surface area contributed by atoms with Gasteiger partial charge in [-0.3, -0.25) is 0 Å². The topological polar surface area (TPSA) is 55.4 Å². The second-order valence-corrected chi connectivity index (χ2v) is 7.07. The smallest absolute Gasteiger partial charge is 0.240 e. The molecule has 0 aromatic heterocycles. The van der Waals surface area contributed by atoms with Gasteiger partial charge in [0.2, 0.25) is 10.0 Å². The number of unbranched alkanes of at least 4 members (excludes halogenated alkanes) is 1. The third-order valence-electron chi connectivity index (χ3n) is 3.46. The number of benzene rings is 2. The largest absolute Gasteiger partial charge is 0.492 e. The second kappa shape index (κ2) is 8.70. The highest BCUT2D eigenvalue weighted by molar-refractivity contribution is 7.89. The van der Waals surface area contributed by atoms with Crippen LogP contribution in [0.25, 0.3) is 0 Å². The minimum Gasteiger partial charge on any atom is -0.492 e. The summed E-state index contributed by atoms with van der Waals surface area (Å²) in [4.78, 5) is 0.289. The highest BCUT2D eigenvalue weighted by atomic mass is 32.2. The zero-order valence-electron chi connectivity index (χ0n) is 13.4. The van der Waals surface area contributed by atoms with Crippen LogP contribution in [0.1, 0.15) is 25.3 Å². The number of ether oxygens (including phenoxy) is 1. The fourth-order valence-electron chi connectivity index (χ4n) is 2.16. The van der Waals surface area contributed by atoms with Crippen molar-refractivity contribution in [3.63, 3.8) is 0 Å². The summed E-state index contributed by atoms with van der Waals surface area (Å²) in [6.07, 6.45) is 3.22. The predicted octanol–water partition coefficient (Wildman–Crippen LogP) is 3.39. The average Bonchev–Trinajstić information content (AvgIpc) is 2.58. The summed E-state index contributed by atoms with van der Waals surface area (Å²) in [6.45, 7) is 2.66. The number of nitrogens with one attached hydrogen (secondary N) is 1. The van der Waals surface area contributed by atoms with E-state index in [1.165, 1.54) is 5.56 Å². The molecule has 5 heteroatoms. The Morgan fingerprint density at radius 2 is 1.70 bits per heavy atom. The van der Waals surface area contributed by atoms with Crippen LogP contribution in [0, 0.1) is 0 Å². The molecule has 0 saturated carbocycles. The van der Waals surface area contributed by atoms with Gasteiger partial charge in [0.1, 0.15) is 12.4 Å². The van der Waals surface area contributed by atoms with Gasteiger partial charge >= 0.3 is 0 Å². The Labute approximate surface area is 138 Å². The summed E-state index contributed by atoms with van der Waals surface area (Å²) in [5.41, 5.74) is 1.17. The molecule has 0 unspecified atom stereocenters. The Morgan fingerprint density at radius 3 is 2.35 bits per heavy atom. The van der Waals surface area contributed by atoms with E-state index in [0.717, 1.165) is 25.0 Å². The van der Waals surface area contributed by atoms with Gasteiger partial charge in [0, 0.05) is 6.54 Å². The van der Waals surface area contributed by atoms with Gasteiger partial charge in [0.15, 0.2) is 0 Å². The third-order valence-corrected chi connectivity index (χ3v) is 4.94. The lowest BCUT2D eigenvalue weighted by Crippen LogP contribution is -2.28. The molecular formula is C18H23NO3S. The van der Waals surface area contributed by atoms with Gasteiger partial charge in [0.25, 0.3) is 0 Å². The van der Waals surface area contributed by atoms with E-state index in [0.29, 0.717) is 0 Å². The lowest BCUT2D eigenvalue weighted by Gasteiger charge is -2.09. The van der Waals surface area contributed by atoms with Crippen molar-refractivity contribution < 1.29 is 13.2 Å². The molecule has 2 aromatic carbocycles. The molecule has 0 amide bonds. The van der Waals surface area contributed by atoms with Gasteiger partial charge in [-0.15, -0.1) is 0 Å². The second-order valence-electron chi connectivity index (χ2n) is 5.31. The van der Waals surface area contributed by atoms with Crippen LogP contribution in [0.4, 0.5) is 0 Å². The molecule has 0 radical (unpaired) electrons. The molecule has 0 bridgehead atoms. The first kappa shape index (κ1) is 17.5. The van der Waals surface area contributed by atoms with Crippen molar-refractivity contribution in [2.24, 2.45) is 0 Å². The number of aryl methyl sites for hydroxylation is 1. The lowest BCUT2D eigenvalue weighted by atomic mass is 10.1. The standard InChI is InChI=1S/C18H23NO3S/c1-2-3-7-16-10-12-18(13-11-16)23(20,21)19-14-15-22-17-8-5-4-6-9-17/h4-6,8-13,19H,2-3,7,14-15H2,1H3. The molecule has 2 rings (SSSR count).